The number of fused-ring (bicyclic) bond motifs is 1. The van der Waals surface area contributed by atoms with E-state index in [4.69, 9.17) is 4.74 Å². The lowest BCUT2D eigenvalue weighted by Gasteiger charge is -2.21. The van der Waals surface area contributed by atoms with Gasteiger partial charge in [-0.2, -0.15) is 0 Å². The van der Waals surface area contributed by atoms with Gasteiger partial charge in [-0.15, -0.1) is 0 Å². The number of hydrogen-bond donors (Lipinski definition) is 3. The summed E-state index contributed by atoms with van der Waals surface area (Å²) in [6, 6.07) is 15.7. The maximum atomic E-state index is 13.3. The number of carbonyl (C=O) groups excluding carboxylic acids is 2. The zero-order chi connectivity index (χ0) is 22.8. The summed E-state index contributed by atoms with van der Waals surface area (Å²) >= 11 is 0. The van der Waals surface area contributed by atoms with Gasteiger partial charge in [-0.25, -0.2) is 0 Å². The SMILES string of the molecule is Cc1c(O)cc(O)c(C(=O)N(C)C(=O)c2ccc3c(c2)CNC3)c1OCc1ccccc1. The van der Waals surface area contributed by atoms with Crippen LogP contribution in [0.1, 0.15) is 43.0 Å². The average molecular weight is 432 g/mol. The first-order chi connectivity index (χ1) is 15.4. The van der Waals surface area contributed by atoms with Crippen molar-refractivity contribution in [3.05, 3.63) is 88.0 Å². The summed E-state index contributed by atoms with van der Waals surface area (Å²) in [6.45, 7) is 3.13. The molecule has 7 nitrogen and oxygen atoms in total. The highest BCUT2D eigenvalue weighted by Crippen LogP contribution is 2.39. The van der Waals surface area contributed by atoms with Gasteiger partial charge < -0.3 is 20.3 Å². The molecule has 0 unspecified atom stereocenters. The van der Waals surface area contributed by atoms with Crippen molar-refractivity contribution in [2.75, 3.05) is 7.05 Å². The summed E-state index contributed by atoms with van der Waals surface area (Å²) in [5.74, 6) is -1.85. The van der Waals surface area contributed by atoms with E-state index in [0.29, 0.717) is 17.7 Å². The first-order valence-electron chi connectivity index (χ1n) is 10.2. The number of nitrogens with one attached hydrogen (secondary N) is 1. The lowest BCUT2D eigenvalue weighted by Crippen LogP contribution is -2.33. The largest absolute Gasteiger partial charge is 0.507 e. The molecule has 0 atom stereocenters. The molecule has 3 aromatic rings. The van der Waals surface area contributed by atoms with Crippen LogP contribution in [0.5, 0.6) is 17.2 Å². The highest BCUT2D eigenvalue weighted by molar-refractivity contribution is 6.12. The molecule has 2 amide bonds. The van der Waals surface area contributed by atoms with Crippen molar-refractivity contribution in [3.8, 4) is 17.2 Å². The molecule has 32 heavy (non-hydrogen) atoms. The summed E-state index contributed by atoms with van der Waals surface area (Å²) in [6.07, 6.45) is 0. The Morgan fingerprint density at radius 3 is 2.44 bits per heavy atom. The first-order valence-corrected chi connectivity index (χ1v) is 10.2. The highest BCUT2D eigenvalue weighted by atomic mass is 16.5. The molecule has 3 aromatic carbocycles. The van der Waals surface area contributed by atoms with Crippen LogP contribution in [-0.4, -0.2) is 34.0 Å². The molecule has 0 radical (unpaired) electrons. The molecule has 1 heterocycles. The second-order valence-corrected chi connectivity index (χ2v) is 7.77. The quantitative estimate of drug-likeness (QED) is 0.534. The third-order valence-electron chi connectivity index (χ3n) is 5.61. The maximum absolute atomic E-state index is 13.3. The fourth-order valence-electron chi connectivity index (χ4n) is 3.73. The minimum absolute atomic E-state index is 0.0363. The van der Waals surface area contributed by atoms with E-state index in [9.17, 15) is 19.8 Å². The van der Waals surface area contributed by atoms with Crippen LogP contribution in [0.25, 0.3) is 0 Å². The predicted molar refractivity (Wildman–Crippen MR) is 119 cm³/mol. The fraction of sp³-hybridized carbons (Fsp3) is 0.200. The van der Waals surface area contributed by atoms with Crippen LogP contribution in [0.2, 0.25) is 0 Å². The maximum Gasteiger partial charge on any atom is 0.268 e. The van der Waals surface area contributed by atoms with Crippen LogP contribution in [0.4, 0.5) is 0 Å². The fourth-order valence-corrected chi connectivity index (χ4v) is 3.73. The number of rotatable bonds is 5. The standard InChI is InChI=1S/C25H24N2O5/c1-15-20(28)11-21(29)22(23(15)32-14-16-6-4-3-5-7-16)25(31)27(2)24(30)17-8-9-18-12-26-13-19(18)10-17/h3-11,26,28-29H,12-14H2,1-2H3. The third kappa shape index (κ3) is 4.02. The molecule has 164 valence electrons. The number of aromatic hydroxyl groups is 2. The Kier molecular flexibility index (Phi) is 5.83. The molecule has 0 saturated heterocycles. The zero-order valence-electron chi connectivity index (χ0n) is 17.9. The second-order valence-electron chi connectivity index (χ2n) is 7.77. The van der Waals surface area contributed by atoms with Crippen molar-refractivity contribution in [3.63, 3.8) is 0 Å². The van der Waals surface area contributed by atoms with Crippen molar-refractivity contribution in [1.29, 1.82) is 0 Å². The molecule has 0 aromatic heterocycles. The topological polar surface area (TPSA) is 99.1 Å². The lowest BCUT2D eigenvalue weighted by atomic mass is 10.0. The Hall–Kier alpha value is -3.84. The van der Waals surface area contributed by atoms with Crippen molar-refractivity contribution in [2.45, 2.75) is 26.6 Å². The van der Waals surface area contributed by atoms with E-state index in [2.05, 4.69) is 5.32 Å². The Morgan fingerprint density at radius 1 is 0.969 bits per heavy atom. The smallest absolute Gasteiger partial charge is 0.268 e. The summed E-state index contributed by atoms with van der Waals surface area (Å²) in [4.78, 5) is 27.3. The summed E-state index contributed by atoms with van der Waals surface area (Å²) in [5.41, 5.74) is 3.50. The van der Waals surface area contributed by atoms with E-state index < -0.39 is 17.6 Å². The molecule has 0 saturated carbocycles. The molecule has 1 aliphatic heterocycles. The molecule has 0 aliphatic carbocycles. The molecular formula is C25H24N2O5. The summed E-state index contributed by atoms with van der Waals surface area (Å²) < 4.78 is 5.85. The minimum Gasteiger partial charge on any atom is -0.507 e. The van der Waals surface area contributed by atoms with Crippen molar-refractivity contribution in [1.82, 2.24) is 10.2 Å². The minimum atomic E-state index is -0.725. The van der Waals surface area contributed by atoms with E-state index >= 15 is 0 Å². The second kappa shape index (κ2) is 8.72. The molecular weight excluding hydrogens is 408 g/mol. The van der Waals surface area contributed by atoms with Gasteiger partial charge >= 0.3 is 0 Å². The summed E-state index contributed by atoms with van der Waals surface area (Å²) in [5, 5.41) is 23.9. The van der Waals surface area contributed by atoms with E-state index in [0.717, 1.165) is 34.2 Å². The van der Waals surface area contributed by atoms with Gasteiger partial charge in [-0.3, -0.25) is 14.5 Å². The zero-order valence-corrected chi connectivity index (χ0v) is 17.9. The Bertz CT molecular complexity index is 1190. The van der Waals surface area contributed by atoms with E-state index in [1.54, 1.807) is 19.1 Å². The Labute approximate surface area is 185 Å². The van der Waals surface area contributed by atoms with Gasteiger partial charge in [0.15, 0.2) is 0 Å². The predicted octanol–water partition coefficient (Wildman–Crippen LogP) is 3.50. The Morgan fingerprint density at radius 2 is 1.69 bits per heavy atom. The van der Waals surface area contributed by atoms with Crippen LogP contribution >= 0.6 is 0 Å². The average Bonchev–Trinajstić information content (AvgIpc) is 3.27. The van der Waals surface area contributed by atoms with E-state index in [1.165, 1.54) is 7.05 Å². The van der Waals surface area contributed by atoms with Crippen molar-refractivity contribution < 1.29 is 24.5 Å². The molecule has 0 bridgehead atoms. The molecule has 0 fully saturated rings. The van der Waals surface area contributed by atoms with Crippen LogP contribution in [-0.2, 0) is 19.7 Å². The molecule has 0 spiro atoms. The number of carbonyl (C=O) groups is 2. The van der Waals surface area contributed by atoms with Crippen LogP contribution in [0, 0.1) is 6.92 Å². The summed E-state index contributed by atoms with van der Waals surface area (Å²) in [7, 11) is 1.36. The van der Waals surface area contributed by atoms with Gasteiger partial charge in [0.1, 0.15) is 29.4 Å². The first kappa shape index (κ1) is 21.4. The van der Waals surface area contributed by atoms with Crippen molar-refractivity contribution in [2.24, 2.45) is 0 Å². The number of amides is 2. The number of ether oxygens (including phenoxy) is 1. The number of phenols is 2. The molecule has 7 heteroatoms. The van der Waals surface area contributed by atoms with Crippen LogP contribution in [0.15, 0.2) is 54.6 Å². The number of benzene rings is 3. The van der Waals surface area contributed by atoms with Crippen molar-refractivity contribution >= 4 is 11.8 Å². The van der Waals surface area contributed by atoms with Gasteiger partial charge in [-0.05, 0) is 35.7 Å². The monoisotopic (exact) mass is 432 g/mol. The van der Waals surface area contributed by atoms with Gasteiger partial charge in [0.2, 0.25) is 0 Å². The molecule has 4 rings (SSSR count). The molecule has 3 N–H and O–H groups in total. The van der Waals surface area contributed by atoms with E-state index in [-0.39, 0.29) is 23.7 Å². The van der Waals surface area contributed by atoms with Gasteiger partial charge in [0, 0.05) is 37.3 Å². The van der Waals surface area contributed by atoms with Crippen LogP contribution in [0.3, 0.4) is 0 Å². The third-order valence-corrected chi connectivity index (χ3v) is 5.61. The number of hydrogen-bond acceptors (Lipinski definition) is 6. The number of phenolic OH excluding ortho intramolecular Hbond substituents is 2. The van der Waals surface area contributed by atoms with E-state index in [1.807, 2.05) is 36.4 Å². The number of nitrogens with zero attached hydrogens (tertiary/aromatic N) is 1. The normalized spacial score (nSPS) is 12.3. The highest BCUT2D eigenvalue weighted by Gasteiger charge is 2.29. The van der Waals surface area contributed by atoms with Gasteiger partial charge in [0.05, 0.1) is 0 Å². The lowest BCUT2D eigenvalue weighted by molar-refractivity contribution is 0.0651. The number of imide groups is 1. The Balaban J connectivity index is 1.64. The van der Waals surface area contributed by atoms with Gasteiger partial charge in [0.25, 0.3) is 11.8 Å². The van der Waals surface area contributed by atoms with Crippen LogP contribution < -0.4 is 10.1 Å². The molecule has 1 aliphatic rings. The van der Waals surface area contributed by atoms with Gasteiger partial charge in [-0.1, -0.05) is 36.4 Å².